The highest BCUT2D eigenvalue weighted by molar-refractivity contribution is 6.34. The van der Waals surface area contributed by atoms with Crippen LogP contribution in [0.2, 0.25) is 5.02 Å². The highest BCUT2D eigenvalue weighted by atomic mass is 35.5. The summed E-state index contributed by atoms with van der Waals surface area (Å²) in [4.78, 5) is 44.7. The molecule has 2 unspecified atom stereocenters. The molecule has 3 N–H and O–H groups in total. The predicted molar refractivity (Wildman–Crippen MR) is 153 cm³/mol. The molecule has 2 aliphatic rings. The van der Waals surface area contributed by atoms with Crippen molar-refractivity contribution in [3.05, 3.63) is 64.6 Å². The summed E-state index contributed by atoms with van der Waals surface area (Å²) in [5, 5.41) is 16.6. The van der Waals surface area contributed by atoms with E-state index in [0.29, 0.717) is 44.7 Å². The van der Waals surface area contributed by atoms with E-state index in [-0.39, 0.29) is 63.6 Å². The van der Waals surface area contributed by atoms with Gasteiger partial charge in [-0.3, -0.25) is 14.4 Å². The van der Waals surface area contributed by atoms with E-state index in [1.165, 1.54) is 36.1 Å². The molecule has 0 saturated carbocycles. The van der Waals surface area contributed by atoms with Crippen molar-refractivity contribution in [2.45, 2.75) is 31.5 Å². The summed E-state index contributed by atoms with van der Waals surface area (Å²) in [5.74, 6) is -2.70. The number of rotatable bonds is 8. The molecular formula is C29H31ClF2N6O5. The number of piperazine rings is 1. The first kappa shape index (κ1) is 30.2. The number of aliphatic hydroxyl groups excluding tert-OH is 1. The van der Waals surface area contributed by atoms with Gasteiger partial charge >= 0.3 is 0 Å². The van der Waals surface area contributed by atoms with Gasteiger partial charge in [-0.15, -0.1) is 0 Å². The molecule has 14 heteroatoms. The normalized spacial score (nSPS) is 17.5. The number of halogens is 3. The van der Waals surface area contributed by atoms with E-state index in [1.54, 1.807) is 29.0 Å². The zero-order valence-electron chi connectivity index (χ0n) is 23.6. The number of benzene rings is 2. The molecule has 2 aliphatic heterocycles. The standard InChI is InChI=1S/C29H31ClF2N6O5/c1-36-21(19-6-7-22(43-2)26(32)25(19)31)15-33-27(36)28(41)35-16-3-5-18(20(30)13-16)29(42)38-11-9-37(10-12-38)24(40)14-17-4-8-23(39)34-17/h3,5-7,13,15,17,28,35,41H,4,8-12,14H2,1-2H3,(H,34,39). The Labute approximate surface area is 251 Å². The fourth-order valence-electron chi connectivity index (χ4n) is 5.32. The molecule has 3 aromatic rings. The Kier molecular flexibility index (Phi) is 8.83. The highest BCUT2D eigenvalue weighted by Gasteiger charge is 2.29. The van der Waals surface area contributed by atoms with Gasteiger partial charge in [0.25, 0.3) is 5.91 Å². The fourth-order valence-corrected chi connectivity index (χ4v) is 5.58. The van der Waals surface area contributed by atoms with Crippen LogP contribution in [0.25, 0.3) is 11.3 Å². The second-order valence-electron chi connectivity index (χ2n) is 10.4. The Morgan fingerprint density at radius 1 is 1.16 bits per heavy atom. The predicted octanol–water partition coefficient (Wildman–Crippen LogP) is 3.08. The number of carbonyl (C=O) groups is 3. The van der Waals surface area contributed by atoms with Crippen molar-refractivity contribution >= 4 is 35.0 Å². The van der Waals surface area contributed by atoms with Crippen LogP contribution < -0.4 is 15.4 Å². The fraction of sp³-hybridized carbons (Fsp3) is 0.379. The average molecular weight is 617 g/mol. The maximum atomic E-state index is 14.6. The van der Waals surface area contributed by atoms with Gasteiger partial charge in [0.15, 0.2) is 23.6 Å². The van der Waals surface area contributed by atoms with Gasteiger partial charge in [0, 0.05) is 63.4 Å². The molecule has 2 saturated heterocycles. The Morgan fingerprint density at radius 2 is 1.88 bits per heavy atom. The number of imidazole rings is 1. The highest BCUT2D eigenvalue weighted by Crippen LogP contribution is 2.31. The van der Waals surface area contributed by atoms with Crippen LogP contribution in [0.15, 0.2) is 36.5 Å². The van der Waals surface area contributed by atoms with E-state index in [9.17, 15) is 28.3 Å². The molecule has 43 heavy (non-hydrogen) atoms. The molecule has 0 bridgehead atoms. The van der Waals surface area contributed by atoms with E-state index in [4.69, 9.17) is 16.3 Å². The Hall–Kier alpha value is -4.23. The number of hydrogen-bond donors (Lipinski definition) is 3. The van der Waals surface area contributed by atoms with Crippen molar-refractivity contribution in [3.63, 3.8) is 0 Å². The second-order valence-corrected chi connectivity index (χ2v) is 10.8. The van der Waals surface area contributed by atoms with Crippen LogP contribution >= 0.6 is 11.6 Å². The van der Waals surface area contributed by atoms with Gasteiger partial charge in [-0.25, -0.2) is 9.37 Å². The van der Waals surface area contributed by atoms with Crippen molar-refractivity contribution in [3.8, 4) is 17.0 Å². The maximum absolute atomic E-state index is 14.6. The lowest BCUT2D eigenvalue weighted by atomic mass is 10.1. The van der Waals surface area contributed by atoms with Crippen molar-refractivity contribution in [1.29, 1.82) is 0 Å². The number of anilines is 1. The molecular weight excluding hydrogens is 586 g/mol. The van der Waals surface area contributed by atoms with E-state index in [0.717, 1.165) is 0 Å². The Bertz CT molecular complexity index is 1560. The molecule has 1 aromatic heterocycles. The Balaban J connectivity index is 1.20. The number of ether oxygens (including phenoxy) is 1. The number of methoxy groups -OCH3 is 1. The van der Waals surface area contributed by atoms with E-state index in [2.05, 4.69) is 15.6 Å². The third-order valence-electron chi connectivity index (χ3n) is 7.74. The lowest BCUT2D eigenvalue weighted by Crippen LogP contribution is -2.51. The third kappa shape index (κ3) is 6.27. The lowest BCUT2D eigenvalue weighted by molar-refractivity contribution is -0.133. The third-order valence-corrected chi connectivity index (χ3v) is 8.05. The van der Waals surface area contributed by atoms with Crippen molar-refractivity contribution in [2.75, 3.05) is 38.6 Å². The summed E-state index contributed by atoms with van der Waals surface area (Å²) in [6.45, 7) is 1.45. The Morgan fingerprint density at radius 3 is 2.53 bits per heavy atom. The van der Waals surface area contributed by atoms with E-state index in [1.807, 2.05) is 0 Å². The molecule has 228 valence electrons. The molecule has 2 aromatic carbocycles. The summed E-state index contributed by atoms with van der Waals surface area (Å²) < 4.78 is 35.1. The molecule has 5 rings (SSSR count). The summed E-state index contributed by atoms with van der Waals surface area (Å²) in [6.07, 6.45) is 1.32. The van der Waals surface area contributed by atoms with Crippen molar-refractivity contribution in [1.82, 2.24) is 24.7 Å². The van der Waals surface area contributed by atoms with Crippen LogP contribution in [0.3, 0.4) is 0 Å². The number of nitrogens with one attached hydrogen (secondary N) is 2. The summed E-state index contributed by atoms with van der Waals surface area (Å²) in [5.41, 5.74) is 0.854. The average Bonchev–Trinajstić information content (AvgIpc) is 3.58. The SMILES string of the molecule is COc1ccc(-c2cnc(C(O)Nc3ccc(C(=O)N4CCN(C(=O)CC5CCC(=O)N5)CC4)c(Cl)c3)n2C)c(F)c1F. The van der Waals surface area contributed by atoms with Crippen molar-refractivity contribution < 1.29 is 33.0 Å². The molecule has 3 heterocycles. The summed E-state index contributed by atoms with van der Waals surface area (Å²) in [7, 11) is 2.79. The van der Waals surface area contributed by atoms with Crippen LogP contribution in [0, 0.1) is 11.6 Å². The van der Waals surface area contributed by atoms with Gasteiger partial charge in [0.2, 0.25) is 17.6 Å². The molecule has 0 aliphatic carbocycles. The minimum absolute atomic E-state index is 0.0363. The quantitative estimate of drug-likeness (QED) is 0.332. The van der Waals surface area contributed by atoms with Gasteiger partial charge in [-0.1, -0.05) is 11.6 Å². The first-order valence-electron chi connectivity index (χ1n) is 13.7. The number of aliphatic hydroxyl groups is 1. The van der Waals surface area contributed by atoms with Crippen LogP contribution in [0.4, 0.5) is 14.5 Å². The number of hydrogen-bond acceptors (Lipinski definition) is 7. The molecule has 11 nitrogen and oxygen atoms in total. The van der Waals surface area contributed by atoms with Crippen LogP contribution in [0.5, 0.6) is 5.75 Å². The van der Waals surface area contributed by atoms with Gasteiger partial charge in [0.1, 0.15) is 0 Å². The van der Waals surface area contributed by atoms with Crippen LogP contribution in [0.1, 0.15) is 41.7 Å². The van der Waals surface area contributed by atoms with Crippen LogP contribution in [-0.2, 0) is 16.6 Å². The summed E-state index contributed by atoms with van der Waals surface area (Å²) >= 11 is 6.45. The zero-order valence-corrected chi connectivity index (χ0v) is 24.3. The topological polar surface area (TPSA) is 129 Å². The minimum atomic E-state index is -1.34. The molecule has 2 atom stereocenters. The first-order valence-corrected chi connectivity index (χ1v) is 14.1. The van der Waals surface area contributed by atoms with Gasteiger partial charge in [0.05, 0.1) is 29.6 Å². The smallest absolute Gasteiger partial charge is 0.255 e. The first-order chi connectivity index (χ1) is 20.6. The molecule has 3 amide bonds. The lowest BCUT2D eigenvalue weighted by Gasteiger charge is -2.35. The van der Waals surface area contributed by atoms with Gasteiger partial charge < -0.3 is 34.8 Å². The second kappa shape index (κ2) is 12.6. The largest absolute Gasteiger partial charge is 0.494 e. The monoisotopic (exact) mass is 616 g/mol. The maximum Gasteiger partial charge on any atom is 0.255 e. The summed E-state index contributed by atoms with van der Waals surface area (Å²) in [6, 6.07) is 7.15. The molecule has 0 spiro atoms. The van der Waals surface area contributed by atoms with Crippen LogP contribution in [-0.4, -0.2) is 81.5 Å². The number of amides is 3. The minimum Gasteiger partial charge on any atom is -0.494 e. The van der Waals surface area contributed by atoms with Gasteiger partial charge in [-0.05, 0) is 36.8 Å². The van der Waals surface area contributed by atoms with Crippen molar-refractivity contribution in [2.24, 2.45) is 7.05 Å². The van der Waals surface area contributed by atoms with E-state index < -0.39 is 17.9 Å². The number of nitrogens with zero attached hydrogens (tertiary/aromatic N) is 4. The molecule has 0 radical (unpaired) electrons. The number of carbonyl (C=O) groups excluding carboxylic acids is 3. The zero-order chi connectivity index (χ0) is 30.8. The number of aromatic nitrogens is 2. The van der Waals surface area contributed by atoms with Gasteiger partial charge in [-0.2, -0.15) is 4.39 Å². The van der Waals surface area contributed by atoms with E-state index >= 15 is 0 Å². The molecule has 2 fully saturated rings.